The van der Waals surface area contributed by atoms with Crippen molar-refractivity contribution in [3.8, 4) is 0 Å². The van der Waals surface area contributed by atoms with Gasteiger partial charge >= 0.3 is 0 Å². The molecule has 0 amide bonds. The topological polar surface area (TPSA) is 52.8 Å². The Labute approximate surface area is 67.7 Å². The Morgan fingerprint density at radius 2 is 1.73 bits per heavy atom. The lowest BCUT2D eigenvalue weighted by molar-refractivity contribution is -0.0340. The highest BCUT2D eigenvalue weighted by atomic mass is 16.4. The largest absolute Gasteiger partial charge is 0.411 e. The molecule has 0 saturated carbocycles. The van der Waals surface area contributed by atoms with Crippen LogP contribution in [-0.4, -0.2) is 22.1 Å². The average Bonchev–Trinajstić information content (AvgIpc) is 1.81. The summed E-state index contributed by atoms with van der Waals surface area (Å²) in [6, 6.07) is 0. The van der Waals surface area contributed by atoms with Crippen LogP contribution in [0.15, 0.2) is 5.16 Å². The molecule has 66 valence electrons. The van der Waals surface area contributed by atoms with Gasteiger partial charge in [0.1, 0.15) is 0 Å². The number of nitrogens with zero attached hydrogens (tertiary/aromatic N) is 1. The molecule has 0 saturated heterocycles. The highest BCUT2D eigenvalue weighted by Crippen LogP contribution is 2.31. The Morgan fingerprint density at radius 3 is 2.00 bits per heavy atom. The van der Waals surface area contributed by atoms with Gasteiger partial charge in [-0.05, 0) is 12.3 Å². The van der Waals surface area contributed by atoms with Gasteiger partial charge in [-0.1, -0.05) is 20.8 Å². The Kier molecular flexibility index (Phi) is 3.05. The van der Waals surface area contributed by atoms with Gasteiger partial charge in [0.25, 0.3) is 0 Å². The third-order valence-electron chi connectivity index (χ3n) is 2.19. The summed E-state index contributed by atoms with van der Waals surface area (Å²) in [5.41, 5.74) is -1.02. The summed E-state index contributed by atoms with van der Waals surface area (Å²) >= 11 is 0. The Balaban J connectivity index is 4.22. The molecule has 0 rings (SSSR count). The fourth-order valence-electron chi connectivity index (χ4n) is 0.525. The maximum Gasteiger partial charge on any atom is 0.0718 e. The van der Waals surface area contributed by atoms with Crippen LogP contribution in [0, 0.1) is 5.41 Å². The smallest absolute Gasteiger partial charge is 0.0718 e. The van der Waals surface area contributed by atoms with E-state index in [1.807, 2.05) is 20.8 Å². The van der Waals surface area contributed by atoms with Crippen LogP contribution in [-0.2, 0) is 0 Å². The SMILES string of the molecule is CC(C)(C)C(C)(O)CC=NO. The van der Waals surface area contributed by atoms with E-state index in [1.54, 1.807) is 6.92 Å². The molecule has 11 heavy (non-hydrogen) atoms. The molecule has 0 aliphatic carbocycles. The molecule has 1 unspecified atom stereocenters. The van der Waals surface area contributed by atoms with E-state index in [9.17, 15) is 5.11 Å². The van der Waals surface area contributed by atoms with E-state index in [2.05, 4.69) is 5.16 Å². The number of hydrogen-bond donors (Lipinski definition) is 2. The second-order valence-corrected chi connectivity index (χ2v) is 4.03. The summed E-state index contributed by atoms with van der Waals surface area (Å²) in [5.74, 6) is 0. The van der Waals surface area contributed by atoms with Gasteiger partial charge in [0.15, 0.2) is 0 Å². The van der Waals surface area contributed by atoms with Gasteiger partial charge in [0.05, 0.1) is 5.60 Å². The monoisotopic (exact) mass is 159 g/mol. The van der Waals surface area contributed by atoms with E-state index < -0.39 is 5.60 Å². The fraction of sp³-hybridized carbons (Fsp3) is 0.875. The molecular formula is C8H17NO2. The first kappa shape index (κ1) is 10.4. The lowest BCUT2D eigenvalue weighted by Crippen LogP contribution is -2.39. The minimum atomic E-state index is -0.820. The van der Waals surface area contributed by atoms with E-state index in [0.29, 0.717) is 6.42 Å². The van der Waals surface area contributed by atoms with Crippen molar-refractivity contribution >= 4 is 6.21 Å². The van der Waals surface area contributed by atoms with Crippen LogP contribution < -0.4 is 0 Å². The molecule has 0 aromatic heterocycles. The standard InChI is InChI=1S/C8H17NO2/c1-7(2,3)8(4,10)5-6-9-11/h6,10-11H,5H2,1-4H3. The molecule has 0 heterocycles. The first-order chi connectivity index (χ1) is 4.81. The van der Waals surface area contributed by atoms with Crippen LogP contribution in [0.25, 0.3) is 0 Å². The first-order valence-corrected chi connectivity index (χ1v) is 3.69. The molecule has 3 nitrogen and oxygen atoms in total. The van der Waals surface area contributed by atoms with Crippen LogP contribution in [0.5, 0.6) is 0 Å². The Hall–Kier alpha value is -0.570. The van der Waals surface area contributed by atoms with Gasteiger partial charge in [-0.25, -0.2) is 0 Å². The van der Waals surface area contributed by atoms with Gasteiger partial charge in [-0.2, -0.15) is 0 Å². The van der Waals surface area contributed by atoms with Gasteiger partial charge in [-0.15, -0.1) is 5.16 Å². The van der Waals surface area contributed by atoms with Crippen molar-refractivity contribution in [3.05, 3.63) is 0 Å². The highest BCUT2D eigenvalue weighted by molar-refractivity contribution is 5.57. The molecule has 3 heteroatoms. The Morgan fingerprint density at radius 1 is 1.27 bits per heavy atom. The van der Waals surface area contributed by atoms with Gasteiger partial charge in [-0.3, -0.25) is 0 Å². The molecule has 0 bridgehead atoms. The van der Waals surface area contributed by atoms with E-state index in [0.717, 1.165) is 0 Å². The number of oxime groups is 1. The van der Waals surface area contributed by atoms with E-state index in [-0.39, 0.29) is 5.41 Å². The summed E-state index contributed by atoms with van der Waals surface area (Å²) in [6.07, 6.45) is 1.68. The van der Waals surface area contributed by atoms with Crippen molar-refractivity contribution in [2.45, 2.75) is 39.7 Å². The third-order valence-corrected chi connectivity index (χ3v) is 2.19. The number of hydrogen-bond acceptors (Lipinski definition) is 3. The molecule has 2 N–H and O–H groups in total. The molecule has 0 spiro atoms. The van der Waals surface area contributed by atoms with Crippen molar-refractivity contribution in [1.29, 1.82) is 0 Å². The predicted octanol–water partition coefficient (Wildman–Crippen LogP) is 1.63. The van der Waals surface area contributed by atoms with E-state index >= 15 is 0 Å². The summed E-state index contributed by atoms with van der Waals surface area (Å²) in [7, 11) is 0. The summed E-state index contributed by atoms with van der Waals surface area (Å²) < 4.78 is 0. The maximum atomic E-state index is 9.78. The number of aliphatic hydroxyl groups is 1. The first-order valence-electron chi connectivity index (χ1n) is 3.69. The lowest BCUT2D eigenvalue weighted by atomic mass is 9.76. The maximum absolute atomic E-state index is 9.78. The van der Waals surface area contributed by atoms with Crippen LogP contribution in [0.3, 0.4) is 0 Å². The van der Waals surface area contributed by atoms with Gasteiger partial charge in [0.2, 0.25) is 0 Å². The van der Waals surface area contributed by atoms with Crippen molar-refractivity contribution in [2.75, 3.05) is 0 Å². The highest BCUT2D eigenvalue weighted by Gasteiger charge is 2.34. The third kappa shape index (κ3) is 2.89. The van der Waals surface area contributed by atoms with Crippen LogP contribution in [0.1, 0.15) is 34.1 Å². The quantitative estimate of drug-likeness (QED) is 0.365. The van der Waals surface area contributed by atoms with E-state index in [1.165, 1.54) is 6.21 Å². The van der Waals surface area contributed by atoms with Crippen molar-refractivity contribution in [3.63, 3.8) is 0 Å². The van der Waals surface area contributed by atoms with Gasteiger partial charge in [0, 0.05) is 12.6 Å². The zero-order valence-corrected chi connectivity index (χ0v) is 7.63. The van der Waals surface area contributed by atoms with Crippen molar-refractivity contribution in [1.82, 2.24) is 0 Å². The average molecular weight is 159 g/mol. The molecule has 0 aliphatic heterocycles. The normalized spacial score (nSPS) is 18.6. The fourth-order valence-corrected chi connectivity index (χ4v) is 0.525. The number of rotatable bonds is 2. The van der Waals surface area contributed by atoms with Gasteiger partial charge < -0.3 is 10.3 Å². The molecule has 0 aliphatic rings. The lowest BCUT2D eigenvalue weighted by Gasteiger charge is -2.35. The molecule has 0 aromatic rings. The molecule has 1 atom stereocenters. The molecular weight excluding hydrogens is 142 g/mol. The van der Waals surface area contributed by atoms with Crippen LogP contribution in [0.2, 0.25) is 0 Å². The van der Waals surface area contributed by atoms with Crippen LogP contribution in [0.4, 0.5) is 0 Å². The molecule has 0 aromatic carbocycles. The van der Waals surface area contributed by atoms with Crippen molar-refractivity contribution in [2.24, 2.45) is 10.6 Å². The minimum Gasteiger partial charge on any atom is -0.411 e. The van der Waals surface area contributed by atoms with Crippen molar-refractivity contribution < 1.29 is 10.3 Å². The summed E-state index contributed by atoms with van der Waals surface area (Å²) in [6.45, 7) is 7.56. The second kappa shape index (κ2) is 3.22. The summed E-state index contributed by atoms with van der Waals surface area (Å²) in [4.78, 5) is 0. The van der Waals surface area contributed by atoms with Crippen LogP contribution >= 0.6 is 0 Å². The molecule has 0 radical (unpaired) electrons. The zero-order valence-electron chi connectivity index (χ0n) is 7.63. The minimum absolute atomic E-state index is 0.200. The summed E-state index contributed by atoms with van der Waals surface area (Å²) in [5, 5.41) is 20.8. The zero-order chi connectivity index (χ0) is 9.12. The van der Waals surface area contributed by atoms with E-state index in [4.69, 9.17) is 5.21 Å². The Bertz CT molecular complexity index is 145. The predicted molar refractivity (Wildman–Crippen MR) is 45.0 cm³/mol. The second-order valence-electron chi connectivity index (χ2n) is 4.03. The molecule has 0 fully saturated rings.